The van der Waals surface area contributed by atoms with E-state index in [4.69, 9.17) is 9.47 Å². The minimum Gasteiger partial charge on any atom is -0.496 e. The van der Waals surface area contributed by atoms with Crippen LogP contribution in [0.1, 0.15) is 0 Å². The first-order valence-electron chi connectivity index (χ1n) is 5.26. The Bertz CT molecular complexity index is 554. The van der Waals surface area contributed by atoms with E-state index >= 15 is 0 Å². The molecule has 0 aliphatic carbocycles. The predicted octanol–water partition coefficient (Wildman–Crippen LogP) is 3.40. The van der Waals surface area contributed by atoms with Crippen molar-refractivity contribution in [2.75, 3.05) is 7.11 Å². The lowest BCUT2D eigenvalue weighted by atomic mass is 10.2. The second kappa shape index (κ2) is 5.18. The number of hydrogen-bond acceptors (Lipinski definition) is 4. The van der Waals surface area contributed by atoms with E-state index in [1.165, 1.54) is 19.2 Å². The van der Waals surface area contributed by atoms with Gasteiger partial charge in [0, 0.05) is 0 Å². The highest BCUT2D eigenvalue weighted by Crippen LogP contribution is 2.34. The van der Waals surface area contributed by atoms with Crippen LogP contribution in [0.2, 0.25) is 0 Å². The second-order valence-electron chi connectivity index (χ2n) is 3.51. The van der Waals surface area contributed by atoms with E-state index in [0.717, 1.165) is 0 Å². The molecule has 0 atom stereocenters. The van der Waals surface area contributed by atoms with Crippen LogP contribution in [0.3, 0.4) is 0 Å². The molecule has 0 unspecified atom stereocenters. The molecule has 92 valence electrons. The molecule has 0 fully saturated rings. The van der Waals surface area contributed by atoms with E-state index in [9.17, 15) is 10.1 Å². The summed E-state index contributed by atoms with van der Waals surface area (Å²) in [6.45, 7) is 0. The summed E-state index contributed by atoms with van der Waals surface area (Å²) in [4.78, 5) is 10.5. The fourth-order valence-electron chi connectivity index (χ4n) is 1.47. The fourth-order valence-corrected chi connectivity index (χ4v) is 1.47. The summed E-state index contributed by atoms with van der Waals surface area (Å²) in [6, 6.07) is 13.4. The van der Waals surface area contributed by atoms with E-state index < -0.39 is 4.92 Å². The highest BCUT2D eigenvalue weighted by molar-refractivity contribution is 5.52. The lowest BCUT2D eigenvalue weighted by Gasteiger charge is -2.07. The molecule has 0 aromatic heterocycles. The molecule has 0 saturated carbocycles. The van der Waals surface area contributed by atoms with Crippen molar-refractivity contribution in [1.29, 1.82) is 0 Å². The van der Waals surface area contributed by atoms with Crippen molar-refractivity contribution >= 4 is 5.69 Å². The summed E-state index contributed by atoms with van der Waals surface area (Å²) in [7, 11) is 1.46. The highest BCUT2D eigenvalue weighted by atomic mass is 16.6. The maximum Gasteiger partial charge on any atom is 0.315 e. The van der Waals surface area contributed by atoms with Gasteiger partial charge in [-0.3, -0.25) is 10.1 Å². The van der Waals surface area contributed by atoms with Crippen LogP contribution in [0.25, 0.3) is 0 Å². The van der Waals surface area contributed by atoms with Gasteiger partial charge < -0.3 is 9.47 Å². The van der Waals surface area contributed by atoms with Gasteiger partial charge in [0.15, 0.2) is 0 Å². The van der Waals surface area contributed by atoms with Gasteiger partial charge in [0.2, 0.25) is 5.75 Å². The number of nitro groups is 1. The Balaban J connectivity index is 2.35. The molecule has 0 N–H and O–H groups in total. The molecular formula is C13H11NO4. The monoisotopic (exact) mass is 245 g/mol. The van der Waals surface area contributed by atoms with E-state index in [1.54, 1.807) is 30.3 Å². The Hall–Kier alpha value is -2.56. The number of rotatable bonds is 4. The van der Waals surface area contributed by atoms with Crippen molar-refractivity contribution < 1.29 is 14.4 Å². The first kappa shape index (κ1) is 11.9. The van der Waals surface area contributed by atoms with Gasteiger partial charge in [-0.2, -0.15) is 0 Å². The molecule has 0 aliphatic rings. The number of nitrogens with zero attached hydrogens (tertiary/aromatic N) is 1. The Labute approximate surface area is 104 Å². The van der Waals surface area contributed by atoms with Gasteiger partial charge >= 0.3 is 5.69 Å². The van der Waals surface area contributed by atoms with Gasteiger partial charge in [-0.1, -0.05) is 18.2 Å². The number of ether oxygens (including phenoxy) is 2. The van der Waals surface area contributed by atoms with Crippen LogP contribution in [0.15, 0.2) is 48.5 Å². The first-order chi connectivity index (χ1) is 8.70. The standard InChI is InChI=1S/C13H11NO4/c1-17-11-7-8-13(12(9-11)14(15)16)18-10-5-3-2-4-6-10/h2-9H,1H3. The van der Waals surface area contributed by atoms with Crippen molar-refractivity contribution in [3.63, 3.8) is 0 Å². The van der Waals surface area contributed by atoms with Gasteiger partial charge in [0.25, 0.3) is 0 Å². The predicted molar refractivity (Wildman–Crippen MR) is 66.2 cm³/mol. The molecule has 0 saturated heterocycles. The van der Waals surface area contributed by atoms with Crippen LogP contribution in [0, 0.1) is 10.1 Å². The molecule has 5 nitrogen and oxygen atoms in total. The Morgan fingerprint density at radius 2 is 1.78 bits per heavy atom. The Kier molecular flexibility index (Phi) is 3.43. The molecule has 0 spiro atoms. The highest BCUT2D eigenvalue weighted by Gasteiger charge is 2.17. The van der Waals surface area contributed by atoms with Gasteiger partial charge in [0.1, 0.15) is 11.5 Å². The summed E-state index contributed by atoms with van der Waals surface area (Å²) >= 11 is 0. The van der Waals surface area contributed by atoms with Crippen LogP contribution >= 0.6 is 0 Å². The molecule has 2 aromatic rings. The van der Waals surface area contributed by atoms with Crippen LogP contribution in [0.4, 0.5) is 5.69 Å². The smallest absolute Gasteiger partial charge is 0.315 e. The average molecular weight is 245 g/mol. The topological polar surface area (TPSA) is 61.6 Å². The van der Waals surface area contributed by atoms with Crippen LogP contribution < -0.4 is 9.47 Å². The van der Waals surface area contributed by atoms with Crippen molar-refractivity contribution in [2.45, 2.75) is 0 Å². The molecule has 0 heterocycles. The summed E-state index contributed by atoms with van der Waals surface area (Å²) < 4.78 is 10.4. The quantitative estimate of drug-likeness (QED) is 0.611. The molecule has 0 aliphatic heterocycles. The minimum absolute atomic E-state index is 0.127. The number of hydrogen-bond donors (Lipinski definition) is 0. The molecule has 0 radical (unpaired) electrons. The number of para-hydroxylation sites is 1. The zero-order valence-electron chi connectivity index (χ0n) is 9.70. The molecule has 2 aromatic carbocycles. The molecule has 0 bridgehead atoms. The fraction of sp³-hybridized carbons (Fsp3) is 0.0769. The third-order valence-corrected chi connectivity index (χ3v) is 2.33. The van der Waals surface area contributed by atoms with Gasteiger partial charge in [0.05, 0.1) is 18.1 Å². The molecule has 5 heteroatoms. The van der Waals surface area contributed by atoms with Crippen LogP contribution in [-0.2, 0) is 0 Å². The zero-order valence-corrected chi connectivity index (χ0v) is 9.70. The first-order valence-corrected chi connectivity index (χ1v) is 5.26. The summed E-state index contributed by atoms with van der Waals surface area (Å²) in [5.74, 6) is 1.15. The number of benzene rings is 2. The van der Waals surface area contributed by atoms with E-state index in [1.807, 2.05) is 6.07 Å². The van der Waals surface area contributed by atoms with Crippen molar-refractivity contribution in [3.05, 3.63) is 58.6 Å². The third-order valence-electron chi connectivity index (χ3n) is 2.33. The minimum atomic E-state index is -0.499. The summed E-state index contributed by atoms with van der Waals surface area (Å²) in [5.41, 5.74) is -0.127. The second-order valence-corrected chi connectivity index (χ2v) is 3.51. The Morgan fingerprint density at radius 3 is 2.39 bits per heavy atom. The number of methoxy groups -OCH3 is 1. The van der Waals surface area contributed by atoms with E-state index in [2.05, 4.69) is 0 Å². The number of nitro benzene ring substituents is 1. The molecule has 18 heavy (non-hydrogen) atoms. The molecule has 2 rings (SSSR count). The largest absolute Gasteiger partial charge is 0.496 e. The molecule has 0 amide bonds. The maximum atomic E-state index is 11.0. The van der Waals surface area contributed by atoms with E-state index in [0.29, 0.717) is 11.5 Å². The lowest BCUT2D eigenvalue weighted by molar-refractivity contribution is -0.385. The van der Waals surface area contributed by atoms with Crippen LogP contribution in [0.5, 0.6) is 17.2 Å². The lowest BCUT2D eigenvalue weighted by Crippen LogP contribution is -1.94. The Morgan fingerprint density at radius 1 is 1.06 bits per heavy atom. The van der Waals surface area contributed by atoms with Gasteiger partial charge in [-0.05, 0) is 24.3 Å². The summed E-state index contributed by atoms with van der Waals surface area (Å²) in [5, 5.41) is 11.0. The van der Waals surface area contributed by atoms with Crippen molar-refractivity contribution in [3.8, 4) is 17.2 Å². The zero-order chi connectivity index (χ0) is 13.0. The van der Waals surface area contributed by atoms with Crippen molar-refractivity contribution in [2.24, 2.45) is 0 Å². The third kappa shape index (κ3) is 2.57. The summed E-state index contributed by atoms with van der Waals surface area (Å²) in [6.07, 6.45) is 0. The normalized spacial score (nSPS) is 9.83. The maximum absolute atomic E-state index is 11.0. The van der Waals surface area contributed by atoms with E-state index in [-0.39, 0.29) is 11.4 Å². The van der Waals surface area contributed by atoms with Gasteiger partial charge in [-0.25, -0.2) is 0 Å². The van der Waals surface area contributed by atoms with Crippen molar-refractivity contribution in [1.82, 2.24) is 0 Å². The SMILES string of the molecule is COc1ccc(Oc2ccccc2)c([N+](=O)[O-])c1. The average Bonchev–Trinajstić information content (AvgIpc) is 2.40. The van der Waals surface area contributed by atoms with Crippen LogP contribution in [-0.4, -0.2) is 12.0 Å². The van der Waals surface area contributed by atoms with Gasteiger partial charge in [-0.15, -0.1) is 0 Å². The molecular weight excluding hydrogens is 234 g/mol.